The van der Waals surface area contributed by atoms with E-state index in [0.717, 1.165) is 87.8 Å². The molecule has 0 aromatic heterocycles. The van der Waals surface area contributed by atoms with Gasteiger partial charge in [-0.25, -0.2) is 4.85 Å². The van der Waals surface area contributed by atoms with Crippen LogP contribution in [0, 0.1) is 54.4 Å². The van der Waals surface area contributed by atoms with Gasteiger partial charge in [-0.2, -0.15) is 15.8 Å². The predicted octanol–water partition coefficient (Wildman–Crippen LogP) is 13.7. The molecule has 0 radical (unpaired) electrons. The molecule has 0 bridgehead atoms. The molecule has 9 aromatic carbocycles. The van der Waals surface area contributed by atoms with Gasteiger partial charge >= 0.3 is 0 Å². The van der Waals surface area contributed by atoms with Gasteiger partial charge in [0.05, 0.1) is 41.5 Å². The molecular weight excluding hydrogens is 681 g/mol. The van der Waals surface area contributed by atoms with Gasteiger partial charge in [0.15, 0.2) is 5.69 Å². The zero-order valence-electron chi connectivity index (χ0n) is 30.5. The molecule has 1 aliphatic rings. The first kappa shape index (κ1) is 32.6. The van der Waals surface area contributed by atoms with E-state index < -0.39 is 0 Å². The molecule has 0 aliphatic heterocycles. The summed E-state index contributed by atoms with van der Waals surface area (Å²) in [6.07, 6.45) is 0. The lowest BCUT2D eigenvalue weighted by atomic mass is 9.84. The van der Waals surface area contributed by atoms with Gasteiger partial charge in [-0.1, -0.05) is 66.7 Å². The molecule has 256 valence electrons. The monoisotopic (exact) mass is 708 g/mol. The fourth-order valence-corrected chi connectivity index (χ4v) is 8.98. The lowest BCUT2D eigenvalue weighted by molar-refractivity contribution is 1.42. The molecule has 0 spiro atoms. The van der Waals surface area contributed by atoms with E-state index in [2.05, 4.69) is 103 Å². The minimum absolute atomic E-state index is 0.566. The number of benzene rings is 9. The summed E-state index contributed by atoms with van der Waals surface area (Å²) in [4.78, 5) is 3.81. The number of fused-ring (bicyclic) bond motifs is 8. The molecule has 4 heteroatoms. The average Bonchev–Trinajstić information content (AvgIpc) is 3.55. The third kappa shape index (κ3) is 4.75. The maximum Gasteiger partial charge on any atom is 0.187 e. The number of hydrogen-bond acceptors (Lipinski definition) is 3. The summed E-state index contributed by atoms with van der Waals surface area (Å²) in [5, 5.41) is 37.8. The highest BCUT2D eigenvalue weighted by atomic mass is 14.6. The van der Waals surface area contributed by atoms with Crippen molar-refractivity contribution in [2.45, 2.75) is 13.8 Å². The highest BCUT2D eigenvalue weighted by molar-refractivity contribution is 6.28. The quantitative estimate of drug-likeness (QED) is 0.135. The van der Waals surface area contributed by atoms with Gasteiger partial charge < -0.3 is 0 Å². The highest BCUT2D eigenvalue weighted by Crippen LogP contribution is 2.53. The van der Waals surface area contributed by atoms with Crippen molar-refractivity contribution in [1.82, 2.24) is 0 Å². The second kappa shape index (κ2) is 12.3. The van der Waals surface area contributed by atoms with Crippen molar-refractivity contribution >= 4 is 48.8 Å². The molecule has 9 aromatic rings. The first-order chi connectivity index (χ1) is 27.4. The van der Waals surface area contributed by atoms with Crippen LogP contribution in [0.5, 0.6) is 0 Å². The van der Waals surface area contributed by atoms with Crippen molar-refractivity contribution in [2.75, 3.05) is 0 Å². The van der Waals surface area contributed by atoms with Crippen molar-refractivity contribution in [3.63, 3.8) is 0 Å². The number of aryl methyl sites for hydroxylation is 2. The molecule has 10 rings (SSSR count). The lowest BCUT2D eigenvalue weighted by Crippen LogP contribution is -1.93. The van der Waals surface area contributed by atoms with Crippen LogP contribution < -0.4 is 0 Å². The van der Waals surface area contributed by atoms with Crippen LogP contribution in [0.1, 0.15) is 27.8 Å². The van der Waals surface area contributed by atoms with Crippen molar-refractivity contribution in [3.8, 4) is 73.8 Å². The zero-order chi connectivity index (χ0) is 38.2. The molecule has 0 N–H and O–H groups in total. The maximum atomic E-state index is 9.75. The van der Waals surface area contributed by atoms with Gasteiger partial charge in [0.2, 0.25) is 0 Å². The van der Waals surface area contributed by atoms with Gasteiger partial charge in [-0.05, 0) is 190 Å². The van der Waals surface area contributed by atoms with Crippen LogP contribution >= 0.6 is 0 Å². The molecular formula is C52H28N4. The molecule has 0 saturated heterocycles. The average molecular weight is 709 g/mol. The normalized spacial score (nSPS) is 11.3. The van der Waals surface area contributed by atoms with E-state index in [0.29, 0.717) is 22.4 Å². The lowest BCUT2D eigenvalue weighted by Gasteiger charge is -2.19. The Kier molecular flexibility index (Phi) is 7.15. The fraction of sp³-hybridized carbons (Fsp3) is 0.0385. The first-order valence-electron chi connectivity index (χ1n) is 18.4. The van der Waals surface area contributed by atoms with Crippen molar-refractivity contribution < 1.29 is 0 Å². The van der Waals surface area contributed by atoms with Crippen LogP contribution in [0.15, 0.2) is 133 Å². The smallest absolute Gasteiger partial charge is 0.187 e. The molecule has 0 heterocycles. The predicted molar refractivity (Wildman–Crippen MR) is 227 cm³/mol. The molecule has 1 aliphatic carbocycles. The van der Waals surface area contributed by atoms with Crippen LogP contribution in [0.3, 0.4) is 0 Å². The molecule has 0 atom stereocenters. The largest absolute Gasteiger partial charge is 0.238 e. The summed E-state index contributed by atoms with van der Waals surface area (Å²) in [5.41, 5.74) is 15.4. The standard InChI is InChI=1S/C52H28N4/c1-29-18-32(27-54)10-13-36(29)44-23-50-46(39-15-12-35(56-3)21-43(39)44)22-45(37-14-11-33(28-55)19-30(37)2)49-24-47-41-9-5-8-40-38(34-7-4-6-31(20-34)26-53)16-17-42(52(40)41)48(47)25-51(49)50/h4-25H,1-2H3. The molecule has 56 heavy (non-hydrogen) atoms. The van der Waals surface area contributed by atoms with Crippen LogP contribution in [0.25, 0.3) is 104 Å². The van der Waals surface area contributed by atoms with E-state index in [1.54, 1.807) is 0 Å². The van der Waals surface area contributed by atoms with Crippen molar-refractivity contribution in [1.29, 1.82) is 15.8 Å². The van der Waals surface area contributed by atoms with Crippen molar-refractivity contribution in [2.24, 2.45) is 0 Å². The van der Waals surface area contributed by atoms with Crippen LogP contribution in [0.4, 0.5) is 5.69 Å². The maximum absolute atomic E-state index is 9.75. The third-order valence-electron chi connectivity index (χ3n) is 11.5. The summed E-state index contributed by atoms with van der Waals surface area (Å²) >= 11 is 0. The van der Waals surface area contributed by atoms with Crippen LogP contribution in [0.2, 0.25) is 0 Å². The molecule has 0 amide bonds. The Morgan fingerprint density at radius 1 is 0.393 bits per heavy atom. The van der Waals surface area contributed by atoms with Gasteiger partial charge in [-0.3, -0.25) is 0 Å². The molecule has 4 nitrogen and oxygen atoms in total. The number of hydrogen-bond donors (Lipinski definition) is 0. The van der Waals surface area contributed by atoms with Gasteiger partial charge in [0, 0.05) is 0 Å². The summed E-state index contributed by atoms with van der Waals surface area (Å²) in [5.74, 6) is 0. The molecule has 0 unspecified atom stereocenters. The van der Waals surface area contributed by atoms with E-state index in [9.17, 15) is 15.8 Å². The van der Waals surface area contributed by atoms with Crippen LogP contribution in [-0.4, -0.2) is 0 Å². The fourth-order valence-electron chi connectivity index (χ4n) is 8.98. The highest BCUT2D eigenvalue weighted by Gasteiger charge is 2.26. The summed E-state index contributed by atoms with van der Waals surface area (Å²) in [6, 6.07) is 52.5. The SMILES string of the molecule is [C-]#[N+]c1ccc2c(c1)c(-c1ccc(C#N)cc1C)cc1c3cc4c(cc3c(-c3ccc(C#N)cc3C)cc21)-c1cccc2c(-c3cccc(C#N)c3)ccc-4c12. The Balaban J connectivity index is 1.34. The Bertz CT molecular complexity index is 3430. The van der Waals surface area contributed by atoms with E-state index >= 15 is 0 Å². The summed E-state index contributed by atoms with van der Waals surface area (Å²) < 4.78 is 0. The van der Waals surface area contributed by atoms with E-state index in [4.69, 9.17) is 6.57 Å². The van der Waals surface area contributed by atoms with Gasteiger partial charge in [-0.15, -0.1) is 0 Å². The molecule has 0 saturated carbocycles. The Labute approximate surface area is 323 Å². The summed E-state index contributed by atoms with van der Waals surface area (Å²) in [7, 11) is 0. The Hall–Kier alpha value is -8.02. The minimum atomic E-state index is 0.566. The number of nitrogens with zero attached hydrogens (tertiary/aromatic N) is 4. The summed E-state index contributed by atoms with van der Waals surface area (Å²) in [6.45, 7) is 12.0. The zero-order valence-corrected chi connectivity index (χ0v) is 30.5. The Morgan fingerprint density at radius 2 is 0.911 bits per heavy atom. The van der Waals surface area contributed by atoms with E-state index in [1.165, 1.54) is 22.1 Å². The molecule has 0 fully saturated rings. The third-order valence-corrected chi connectivity index (χ3v) is 11.5. The number of nitriles is 3. The van der Waals surface area contributed by atoms with E-state index in [-0.39, 0.29) is 0 Å². The van der Waals surface area contributed by atoms with Crippen LogP contribution in [-0.2, 0) is 0 Å². The second-order valence-corrected chi connectivity index (χ2v) is 14.6. The minimum Gasteiger partial charge on any atom is -0.238 e. The number of rotatable bonds is 3. The second-order valence-electron chi connectivity index (χ2n) is 14.6. The Morgan fingerprint density at radius 3 is 1.55 bits per heavy atom. The van der Waals surface area contributed by atoms with Gasteiger partial charge in [0.1, 0.15) is 0 Å². The van der Waals surface area contributed by atoms with E-state index in [1.807, 2.05) is 67.6 Å². The van der Waals surface area contributed by atoms with Crippen molar-refractivity contribution in [3.05, 3.63) is 173 Å². The first-order valence-corrected chi connectivity index (χ1v) is 18.4. The van der Waals surface area contributed by atoms with Gasteiger partial charge in [0.25, 0.3) is 0 Å². The topological polar surface area (TPSA) is 75.7 Å².